The minimum Gasteiger partial charge on any atom is -0.399 e. The highest BCUT2D eigenvalue weighted by molar-refractivity contribution is 5.93. The summed E-state index contributed by atoms with van der Waals surface area (Å²) < 4.78 is 0. The number of hydrogen-bond acceptors (Lipinski definition) is 3. The van der Waals surface area contributed by atoms with Crippen molar-refractivity contribution in [1.82, 2.24) is 10.3 Å². The number of carbonyl (C=O) groups is 1. The Balaban J connectivity index is 2.09. The quantitative estimate of drug-likeness (QED) is 0.722. The topological polar surface area (TPSA) is 88.0 Å². The Morgan fingerprint density at radius 2 is 2.16 bits per heavy atom. The smallest absolute Gasteiger partial charge is 0.251 e. The van der Waals surface area contributed by atoms with E-state index in [1.165, 1.54) is 12.3 Å². The predicted molar refractivity (Wildman–Crippen MR) is 73.8 cm³/mol. The first-order chi connectivity index (χ1) is 9.08. The average Bonchev–Trinajstić information content (AvgIpc) is 2.40. The lowest BCUT2D eigenvalue weighted by molar-refractivity contribution is 0.0950. The molecule has 5 heteroatoms. The van der Waals surface area contributed by atoms with Crippen molar-refractivity contribution in [2.75, 3.05) is 5.73 Å². The van der Waals surface area contributed by atoms with Crippen LogP contribution in [0.1, 0.15) is 21.5 Å². The molecule has 4 N–H and O–H groups in total. The van der Waals surface area contributed by atoms with Crippen LogP contribution in [-0.2, 0) is 6.54 Å². The van der Waals surface area contributed by atoms with Gasteiger partial charge in [0.2, 0.25) is 5.56 Å². The van der Waals surface area contributed by atoms with Gasteiger partial charge in [0.15, 0.2) is 0 Å². The summed E-state index contributed by atoms with van der Waals surface area (Å²) >= 11 is 0. The number of H-pyrrole nitrogens is 1. The molecule has 0 bridgehead atoms. The van der Waals surface area contributed by atoms with Crippen molar-refractivity contribution in [2.45, 2.75) is 13.5 Å². The van der Waals surface area contributed by atoms with Gasteiger partial charge in [-0.05, 0) is 30.2 Å². The molecule has 0 aliphatic rings. The fourth-order valence-electron chi connectivity index (χ4n) is 1.76. The van der Waals surface area contributed by atoms with Gasteiger partial charge >= 0.3 is 0 Å². The number of nitrogens with two attached hydrogens (primary N) is 1. The Labute approximate surface area is 110 Å². The van der Waals surface area contributed by atoms with E-state index in [1.807, 2.05) is 25.1 Å². The third-order valence-electron chi connectivity index (χ3n) is 2.96. The molecule has 0 spiro atoms. The van der Waals surface area contributed by atoms with Gasteiger partial charge in [0.05, 0.1) is 0 Å². The minimum atomic E-state index is -0.298. The Hall–Kier alpha value is -2.56. The van der Waals surface area contributed by atoms with Crippen LogP contribution in [-0.4, -0.2) is 10.9 Å². The molecule has 1 heterocycles. The molecule has 0 aliphatic heterocycles. The fourth-order valence-corrected chi connectivity index (χ4v) is 1.76. The van der Waals surface area contributed by atoms with Crippen LogP contribution < -0.4 is 16.6 Å². The lowest BCUT2D eigenvalue weighted by Gasteiger charge is -2.09. The second-order valence-corrected chi connectivity index (χ2v) is 4.26. The van der Waals surface area contributed by atoms with Crippen molar-refractivity contribution >= 4 is 11.6 Å². The Bertz CT molecular complexity index is 662. The van der Waals surface area contributed by atoms with Crippen LogP contribution in [0.4, 0.5) is 5.69 Å². The fraction of sp³-hybridized carbons (Fsp3) is 0.143. The molecule has 2 rings (SSSR count). The summed E-state index contributed by atoms with van der Waals surface area (Å²) in [5.41, 5.74) is 8.45. The summed E-state index contributed by atoms with van der Waals surface area (Å²) in [4.78, 5) is 25.5. The molecule has 0 saturated heterocycles. The second kappa shape index (κ2) is 5.39. The Morgan fingerprint density at radius 3 is 2.89 bits per heavy atom. The molecule has 0 unspecified atom stereocenters. The van der Waals surface area contributed by atoms with Gasteiger partial charge in [-0.25, -0.2) is 0 Å². The maximum absolute atomic E-state index is 11.9. The lowest BCUT2D eigenvalue weighted by Crippen LogP contribution is -2.24. The third-order valence-corrected chi connectivity index (χ3v) is 2.96. The van der Waals surface area contributed by atoms with E-state index in [1.54, 1.807) is 6.07 Å². The van der Waals surface area contributed by atoms with Crippen LogP contribution in [0.2, 0.25) is 0 Å². The zero-order chi connectivity index (χ0) is 13.8. The first-order valence-corrected chi connectivity index (χ1v) is 5.89. The molecule has 5 nitrogen and oxygen atoms in total. The maximum atomic E-state index is 11.9. The normalized spacial score (nSPS) is 10.2. The molecule has 0 atom stereocenters. The lowest BCUT2D eigenvalue weighted by atomic mass is 10.1. The Morgan fingerprint density at radius 1 is 1.37 bits per heavy atom. The van der Waals surface area contributed by atoms with Crippen molar-refractivity contribution in [2.24, 2.45) is 0 Å². The second-order valence-electron chi connectivity index (χ2n) is 4.26. The molecule has 98 valence electrons. The molecule has 0 fully saturated rings. The number of aromatic amines is 1. The van der Waals surface area contributed by atoms with Crippen LogP contribution in [0.5, 0.6) is 0 Å². The molecule has 1 aromatic carbocycles. The van der Waals surface area contributed by atoms with Gasteiger partial charge in [-0.3, -0.25) is 9.59 Å². The number of hydrogen-bond donors (Lipinski definition) is 3. The van der Waals surface area contributed by atoms with Crippen molar-refractivity contribution < 1.29 is 4.79 Å². The van der Waals surface area contributed by atoms with Crippen molar-refractivity contribution in [3.63, 3.8) is 0 Å². The van der Waals surface area contributed by atoms with Crippen LogP contribution in [0.15, 0.2) is 41.3 Å². The van der Waals surface area contributed by atoms with E-state index >= 15 is 0 Å². The monoisotopic (exact) mass is 257 g/mol. The molecule has 0 aliphatic carbocycles. The first kappa shape index (κ1) is 12.9. The summed E-state index contributed by atoms with van der Waals surface area (Å²) in [6.07, 6.45) is 1.45. The minimum absolute atomic E-state index is 0.284. The summed E-state index contributed by atoms with van der Waals surface area (Å²) in [6, 6.07) is 8.39. The van der Waals surface area contributed by atoms with E-state index in [9.17, 15) is 9.59 Å². The zero-order valence-electron chi connectivity index (χ0n) is 10.6. The van der Waals surface area contributed by atoms with E-state index in [4.69, 9.17) is 5.73 Å². The van der Waals surface area contributed by atoms with E-state index in [0.29, 0.717) is 17.8 Å². The molecule has 0 saturated carbocycles. The molecule has 1 aromatic heterocycles. The molecular weight excluding hydrogens is 242 g/mol. The van der Waals surface area contributed by atoms with Crippen molar-refractivity contribution in [3.8, 4) is 0 Å². The summed E-state index contributed by atoms with van der Waals surface area (Å²) in [6.45, 7) is 2.28. The summed E-state index contributed by atoms with van der Waals surface area (Å²) in [7, 11) is 0. The van der Waals surface area contributed by atoms with Crippen molar-refractivity contribution in [3.05, 3.63) is 63.6 Å². The standard InChI is InChI=1S/C14H15N3O2/c1-9-11(3-2-4-12(9)15)8-17-14(19)10-5-6-16-13(18)7-10/h2-7H,8,15H2,1H3,(H,16,18)(H,17,19). The van der Waals surface area contributed by atoms with Crippen LogP contribution >= 0.6 is 0 Å². The van der Waals surface area contributed by atoms with Gasteiger partial charge in [-0.1, -0.05) is 12.1 Å². The van der Waals surface area contributed by atoms with E-state index < -0.39 is 0 Å². The number of nitrogens with one attached hydrogen (secondary N) is 2. The third kappa shape index (κ3) is 3.01. The van der Waals surface area contributed by atoms with E-state index in [-0.39, 0.29) is 11.5 Å². The van der Waals surface area contributed by atoms with Crippen molar-refractivity contribution in [1.29, 1.82) is 0 Å². The highest BCUT2D eigenvalue weighted by atomic mass is 16.2. The van der Waals surface area contributed by atoms with Gasteiger partial charge in [-0.15, -0.1) is 0 Å². The summed E-state index contributed by atoms with van der Waals surface area (Å²) in [5.74, 6) is -0.284. The summed E-state index contributed by atoms with van der Waals surface area (Å²) in [5, 5.41) is 2.76. The van der Waals surface area contributed by atoms with E-state index in [0.717, 1.165) is 11.1 Å². The highest BCUT2D eigenvalue weighted by Gasteiger charge is 2.07. The van der Waals surface area contributed by atoms with Crippen LogP contribution in [0, 0.1) is 6.92 Å². The number of aromatic nitrogens is 1. The highest BCUT2D eigenvalue weighted by Crippen LogP contribution is 2.15. The predicted octanol–water partition coefficient (Wildman–Crippen LogP) is 1.20. The molecule has 2 aromatic rings. The number of pyridine rings is 1. The van der Waals surface area contributed by atoms with Gasteiger partial charge in [0.25, 0.3) is 5.91 Å². The first-order valence-electron chi connectivity index (χ1n) is 5.89. The van der Waals surface area contributed by atoms with E-state index in [2.05, 4.69) is 10.3 Å². The Kier molecular flexibility index (Phi) is 3.66. The molecular formula is C14H15N3O2. The SMILES string of the molecule is Cc1c(N)cccc1CNC(=O)c1cc[nH]c(=O)c1. The number of nitrogen functional groups attached to an aromatic ring is 1. The largest absolute Gasteiger partial charge is 0.399 e. The molecule has 1 amide bonds. The van der Waals surface area contributed by atoms with Crippen LogP contribution in [0.3, 0.4) is 0 Å². The van der Waals surface area contributed by atoms with Gasteiger partial charge in [-0.2, -0.15) is 0 Å². The maximum Gasteiger partial charge on any atom is 0.251 e. The van der Waals surface area contributed by atoms with Gasteiger partial charge in [0, 0.05) is 30.1 Å². The van der Waals surface area contributed by atoms with Gasteiger partial charge in [0.1, 0.15) is 0 Å². The number of carbonyl (C=O) groups excluding carboxylic acids is 1. The van der Waals surface area contributed by atoms with Gasteiger partial charge < -0.3 is 16.0 Å². The number of rotatable bonds is 3. The number of benzene rings is 1. The number of anilines is 1. The van der Waals surface area contributed by atoms with Crippen LogP contribution in [0.25, 0.3) is 0 Å². The molecule has 0 radical (unpaired) electrons. The number of amides is 1. The average molecular weight is 257 g/mol. The zero-order valence-corrected chi connectivity index (χ0v) is 10.6. The molecule has 19 heavy (non-hydrogen) atoms.